The molecule has 1 aromatic heterocycles. The lowest BCUT2D eigenvalue weighted by molar-refractivity contribution is -0.157. The first-order valence-electron chi connectivity index (χ1n) is 9.09. The average Bonchev–Trinajstić information content (AvgIpc) is 3.06. The second-order valence-corrected chi connectivity index (χ2v) is 7.06. The number of rotatable bonds is 2. The van der Waals surface area contributed by atoms with Crippen molar-refractivity contribution in [2.24, 2.45) is 5.10 Å². The smallest absolute Gasteiger partial charge is 0.266 e. The largest absolute Gasteiger partial charge is 0.357 e. The Bertz CT molecular complexity index is 1140. The molecule has 0 saturated carbocycles. The highest BCUT2D eigenvalue weighted by atomic mass is 19.1. The fraction of sp³-hybridized carbons (Fsp3) is 0.190. The number of aromatic nitrogens is 1. The van der Waals surface area contributed by atoms with Gasteiger partial charge < -0.3 is 9.88 Å². The second kappa shape index (κ2) is 6.30. The molecule has 7 heteroatoms. The molecule has 3 aromatic rings. The lowest BCUT2D eigenvalue weighted by Gasteiger charge is -2.40. The Labute approximate surface area is 160 Å². The zero-order valence-electron chi connectivity index (χ0n) is 14.9. The van der Waals surface area contributed by atoms with Gasteiger partial charge in [0.2, 0.25) is 5.91 Å². The molecule has 3 heterocycles. The van der Waals surface area contributed by atoms with Crippen molar-refractivity contribution < 1.29 is 14.0 Å². The number of nitrogens with zero attached hydrogens (tertiary/aromatic N) is 3. The molecule has 2 amide bonds. The molecular formula is C21H17FN4O2. The first-order chi connectivity index (χ1) is 13.6. The van der Waals surface area contributed by atoms with Gasteiger partial charge in [-0.15, -0.1) is 0 Å². The number of carbonyl (C=O) groups is 2. The number of benzene rings is 2. The summed E-state index contributed by atoms with van der Waals surface area (Å²) >= 11 is 0. The van der Waals surface area contributed by atoms with Crippen LogP contribution in [0, 0.1) is 5.82 Å². The van der Waals surface area contributed by atoms with Crippen LogP contribution < -0.4 is 0 Å². The number of fused-ring (bicyclic) bond motifs is 4. The summed E-state index contributed by atoms with van der Waals surface area (Å²) in [5.74, 6) is -0.746. The number of aromatic amines is 1. The summed E-state index contributed by atoms with van der Waals surface area (Å²) < 4.78 is 13.3. The molecule has 2 aliphatic rings. The van der Waals surface area contributed by atoms with Gasteiger partial charge in [-0.05, 0) is 29.3 Å². The van der Waals surface area contributed by atoms with E-state index in [2.05, 4.69) is 10.1 Å². The molecule has 1 fully saturated rings. The van der Waals surface area contributed by atoms with E-state index in [-0.39, 0.29) is 24.2 Å². The molecule has 2 aromatic carbocycles. The molecule has 0 aliphatic carbocycles. The normalized spacial score (nSPS) is 19.4. The van der Waals surface area contributed by atoms with Crippen LogP contribution >= 0.6 is 0 Å². The molecule has 1 atom stereocenters. The molecule has 28 heavy (non-hydrogen) atoms. The second-order valence-electron chi connectivity index (χ2n) is 7.06. The van der Waals surface area contributed by atoms with Crippen LogP contribution in [0.4, 0.5) is 4.39 Å². The van der Waals surface area contributed by atoms with E-state index in [1.54, 1.807) is 17.0 Å². The highest BCUT2D eigenvalue weighted by molar-refractivity contribution is 5.97. The number of nitrogens with one attached hydrogen (secondary N) is 1. The molecule has 0 unspecified atom stereocenters. The number of H-pyrrole nitrogens is 1. The van der Waals surface area contributed by atoms with Crippen molar-refractivity contribution in [3.63, 3.8) is 0 Å². The van der Waals surface area contributed by atoms with Crippen molar-refractivity contribution in [2.75, 3.05) is 6.54 Å². The summed E-state index contributed by atoms with van der Waals surface area (Å²) in [6.45, 7) is 0.275. The number of carbonyl (C=O) groups excluding carboxylic acids is 2. The lowest BCUT2D eigenvalue weighted by Crippen LogP contribution is -2.60. The van der Waals surface area contributed by atoms with Gasteiger partial charge in [0, 0.05) is 23.0 Å². The van der Waals surface area contributed by atoms with Gasteiger partial charge >= 0.3 is 0 Å². The summed E-state index contributed by atoms with van der Waals surface area (Å²) in [7, 11) is 0. The topological polar surface area (TPSA) is 68.8 Å². The van der Waals surface area contributed by atoms with Gasteiger partial charge in [-0.2, -0.15) is 5.10 Å². The minimum Gasteiger partial charge on any atom is -0.357 e. The van der Waals surface area contributed by atoms with E-state index < -0.39 is 6.04 Å². The van der Waals surface area contributed by atoms with Gasteiger partial charge in [0.25, 0.3) is 5.91 Å². The van der Waals surface area contributed by atoms with Gasteiger partial charge in [-0.1, -0.05) is 30.3 Å². The predicted octanol–water partition coefficient (Wildman–Crippen LogP) is 2.44. The summed E-state index contributed by atoms with van der Waals surface area (Å²) in [5.41, 5.74) is 3.60. The Balaban J connectivity index is 1.45. The van der Waals surface area contributed by atoms with Crippen molar-refractivity contribution in [1.82, 2.24) is 14.9 Å². The Morgan fingerprint density at radius 3 is 2.82 bits per heavy atom. The number of hydrogen-bond donors (Lipinski definition) is 1. The van der Waals surface area contributed by atoms with Crippen LogP contribution in [0.25, 0.3) is 10.9 Å². The highest BCUT2D eigenvalue weighted by Gasteiger charge is 2.43. The van der Waals surface area contributed by atoms with Crippen molar-refractivity contribution in [1.29, 1.82) is 0 Å². The first kappa shape index (κ1) is 16.7. The SMILES string of the molecule is O=C1[C@H]2Cc3c([nH]c4ccccc34)CN2C(=O)CN1/N=C\c1cccc(F)c1. The molecule has 140 valence electrons. The van der Waals surface area contributed by atoms with Crippen LogP contribution in [0.3, 0.4) is 0 Å². The van der Waals surface area contributed by atoms with Gasteiger partial charge in [-0.25, -0.2) is 9.40 Å². The van der Waals surface area contributed by atoms with E-state index in [1.807, 2.05) is 24.3 Å². The third kappa shape index (κ3) is 2.67. The van der Waals surface area contributed by atoms with Crippen molar-refractivity contribution in [3.05, 3.63) is 71.2 Å². The van der Waals surface area contributed by atoms with E-state index in [1.165, 1.54) is 23.4 Å². The van der Waals surface area contributed by atoms with Crippen LogP contribution in [0.2, 0.25) is 0 Å². The highest BCUT2D eigenvalue weighted by Crippen LogP contribution is 2.32. The van der Waals surface area contributed by atoms with E-state index in [4.69, 9.17) is 0 Å². The predicted molar refractivity (Wildman–Crippen MR) is 102 cm³/mol. The van der Waals surface area contributed by atoms with E-state index in [0.29, 0.717) is 18.5 Å². The van der Waals surface area contributed by atoms with Crippen LogP contribution in [-0.2, 0) is 22.6 Å². The number of piperazine rings is 1. The number of halogens is 1. The molecule has 0 bridgehead atoms. The third-order valence-corrected chi connectivity index (χ3v) is 5.34. The monoisotopic (exact) mass is 376 g/mol. The Morgan fingerprint density at radius 2 is 1.96 bits per heavy atom. The lowest BCUT2D eigenvalue weighted by atomic mass is 9.94. The number of para-hydroxylation sites is 1. The van der Waals surface area contributed by atoms with Crippen molar-refractivity contribution in [3.8, 4) is 0 Å². The number of hydrazone groups is 1. The van der Waals surface area contributed by atoms with Gasteiger partial charge in [-0.3, -0.25) is 9.59 Å². The quantitative estimate of drug-likeness (QED) is 0.698. The minimum atomic E-state index is -0.572. The zero-order valence-corrected chi connectivity index (χ0v) is 14.9. The standard InChI is InChI=1S/C21H17FN4O2/c22-14-5-3-4-13(8-14)10-23-26-12-20(27)25-11-18-16(9-19(25)21(26)28)15-6-1-2-7-17(15)24-18/h1-8,10,19,24H,9,11-12H2/b23-10-/t19-/m1/s1. The first-order valence-corrected chi connectivity index (χ1v) is 9.09. The van der Waals surface area contributed by atoms with Crippen LogP contribution in [0.5, 0.6) is 0 Å². The van der Waals surface area contributed by atoms with E-state index in [0.717, 1.165) is 22.2 Å². The molecule has 2 aliphatic heterocycles. The molecule has 0 radical (unpaired) electrons. The summed E-state index contributed by atoms with van der Waals surface area (Å²) in [6, 6.07) is 13.3. The number of amides is 2. The molecule has 1 saturated heterocycles. The summed E-state index contributed by atoms with van der Waals surface area (Å²) in [6.07, 6.45) is 1.86. The average molecular weight is 376 g/mol. The van der Waals surface area contributed by atoms with Crippen LogP contribution in [0.15, 0.2) is 53.6 Å². The van der Waals surface area contributed by atoms with Gasteiger partial charge in [0.05, 0.1) is 12.8 Å². The van der Waals surface area contributed by atoms with E-state index >= 15 is 0 Å². The molecule has 0 spiro atoms. The maximum absolute atomic E-state index is 13.3. The fourth-order valence-electron chi connectivity index (χ4n) is 3.98. The van der Waals surface area contributed by atoms with Crippen LogP contribution in [0.1, 0.15) is 16.8 Å². The fourth-order valence-corrected chi connectivity index (χ4v) is 3.98. The Kier molecular flexibility index (Phi) is 3.75. The number of hydrogen-bond acceptors (Lipinski definition) is 3. The maximum atomic E-state index is 13.3. The summed E-state index contributed by atoms with van der Waals surface area (Å²) in [4.78, 5) is 30.6. The zero-order chi connectivity index (χ0) is 19.3. The van der Waals surface area contributed by atoms with Gasteiger partial charge in [0.15, 0.2) is 0 Å². The maximum Gasteiger partial charge on any atom is 0.266 e. The van der Waals surface area contributed by atoms with Crippen molar-refractivity contribution in [2.45, 2.75) is 19.0 Å². The van der Waals surface area contributed by atoms with Gasteiger partial charge in [0.1, 0.15) is 18.4 Å². The molecular weight excluding hydrogens is 359 g/mol. The third-order valence-electron chi connectivity index (χ3n) is 5.34. The molecule has 5 rings (SSSR count). The Hall–Kier alpha value is -3.48. The molecule has 6 nitrogen and oxygen atoms in total. The summed E-state index contributed by atoms with van der Waals surface area (Å²) in [5, 5.41) is 6.43. The molecule has 1 N–H and O–H groups in total. The van der Waals surface area contributed by atoms with E-state index in [9.17, 15) is 14.0 Å². The van der Waals surface area contributed by atoms with Crippen LogP contribution in [-0.4, -0.2) is 45.5 Å². The minimum absolute atomic E-state index is 0.114. The van der Waals surface area contributed by atoms with Crippen molar-refractivity contribution >= 4 is 28.9 Å². The Morgan fingerprint density at radius 1 is 1.11 bits per heavy atom.